The van der Waals surface area contributed by atoms with Gasteiger partial charge in [-0.1, -0.05) is 30.7 Å². The Morgan fingerprint density at radius 2 is 1.94 bits per heavy atom. The zero-order valence-electron chi connectivity index (χ0n) is 10.4. The molecule has 1 aliphatic carbocycles. The van der Waals surface area contributed by atoms with Crippen LogP contribution < -0.4 is 0 Å². The van der Waals surface area contributed by atoms with E-state index >= 15 is 0 Å². The molecule has 0 unspecified atom stereocenters. The third kappa shape index (κ3) is 2.10. The maximum absolute atomic E-state index is 5.09. The molecule has 2 nitrogen and oxygen atoms in total. The lowest BCUT2D eigenvalue weighted by Crippen LogP contribution is -2.08. The first-order valence-electron chi connectivity index (χ1n) is 6.40. The number of aryl methyl sites for hydroxylation is 1. The van der Waals surface area contributed by atoms with E-state index in [0.29, 0.717) is 4.77 Å². The zero-order valence-corrected chi connectivity index (χ0v) is 11.3. The fraction of sp³-hybridized carbons (Fsp3) is 0.333. The molecule has 0 saturated heterocycles. The maximum atomic E-state index is 5.09. The highest BCUT2D eigenvalue weighted by atomic mass is 32.1. The van der Waals surface area contributed by atoms with Crippen LogP contribution in [0.15, 0.2) is 30.5 Å². The Bertz CT molecular complexity index is 609. The van der Waals surface area contributed by atoms with Gasteiger partial charge in [-0.2, -0.15) is 0 Å². The lowest BCUT2D eigenvalue weighted by Gasteiger charge is -2.25. The summed E-state index contributed by atoms with van der Waals surface area (Å²) < 4.78 is 0.540. The van der Waals surface area contributed by atoms with Gasteiger partial charge in [0.1, 0.15) is 0 Å². The average Bonchev–Trinajstić information content (AvgIpc) is 2.31. The molecule has 0 atom stereocenters. The van der Waals surface area contributed by atoms with Crippen molar-refractivity contribution < 1.29 is 0 Å². The Morgan fingerprint density at radius 1 is 1.22 bits per heavy atom. The van der Waals surface area contributed by atoms with Gasteiger partial charge in [0, 0.05) is 6.20 Å². The maximum Gasteiger partial charge on any atom is 0.197 e. The Kier molecular flexibility index (Phi) is 3.00. The summed E-state index contributed by atoms with van der Waals surface area (Å²) in [6, 6.07) is 8.86. The summed E-state index contributed by atoms with van der Waals surface area (Å²) in [6.45, 7) is 2.05. The van der Waals surface area contributed by atoms with Crippen molar-refractivity contribution in [2.45, 2.75) is 32.1 Å². The van der Waals surface area contributed by atoms with Crippen LogP contribution in [0.1, 0.15) is 36.3 Å². The van der Waals surface area contributed by atoms with Gasteiger partial charge < -0.3 is 4.98 Å². The molecule has 0 aliphatic heterocycles. The van der Waals surface area contributed by atoms with Gasteiger partial charge in [0.25, 0.3) is 0 Å². The van der Waals surface area contributed by atoms with Crippen molar-refractivity contribution in [3.8, 4) is 11.3 Å². The van der Waals surface area contributed by atoms with Crippen LogP contribution in [-0.2, 0) is 0 Å². The third-order valence-corrected chi connectivity index (χ3v) is 3.99. The number of aromatic nitrogens is 2. The number of hydrogen-bond donors (Lipinski definition) is 1. The Morgan fingerprint density at radius 3 is 2.56 bits per heavy atom. The first-order chi connectivity index (χ1) is 8.74. The predicted octanol–water partition coefficient (Wildman–Crippen LogP) is 4.38. The minimum Gasteiger partial charge on any atom is -0.330 e. The molecule has 1 saturated carbocycles. The molecule has 0 spiro atoms. The lowest BCUT2D eigenvalue weighted by molar-refractivity contribution is 0.420. The Balaban J connectivity index is 1.96. The monoisotopic (exact) mass is 256 g/mol. The van der Waals surface area contributed by atoms with Crippen LogP contribution >= 0.6 is 12.2 Å². The first-order valence-corrected chi connectivity index (χ1v) is 6.81. The van der Waals surface area contributed by atoms with Crippen LogP contribution in [0.2, 0.25) is 0 Å². The van der Waals surface area contributed by atoms with Gasteiger partial charge >= 0.3 is 0 Å². The van der Waals surface area contributed by atoms with E-state index in [-0.39, 0.29) is 0 Å². The van der Waals surface area contributed by atoms with Gasteiger partial charge in [-0.3, -0.25) is 0 Å². The SMILES string of the molecule is Cc1cnc(=S)[nH]c1-c1ccc(C2CCC2)cc1. The smallest absolute Gasteiger partial charge is 0.197 e. The number of nitrogens with one attached hydrogen (secondary N) is 1. The van der Waals surface area contributed by atoms with Crippen molar-refractivity contribution in [1.82, 2.24) is 9.97 Å². The number of aromatic amines is 1. The molecule has 3 rings (SSSR count). The molecule has 1 aromatic heterocycles. The summed E-state index contributed by atoms with van der Waals surface area (Å²) in [6.07, 6.45) is 5.89. The molecule has 1 fully saturated rings. The quantitative estimate of drug-likeness (QED) is 0.808. The topological polar surface area (TPSA) is 28.7 Å². The minimum atomic E-state index is 0.540. The summed E-state index contributed by atoms with van der Waals surface area (Å²) in [4.78, 5) is 7.26. The molecule has 3 heteroatoms. The second-order valence-electron chi connectivity index (χ2n) is 5.00. The normalized spacial score (nSPS) is 15.4. The molecule has 0 bridgehead atoms. The highest BCUT2D eigenvalue weighted by molar-refractivity contribution is 7.71. The first kappa shape index (κ1) is 11.6. The van der Waals surface area contributed by atoms with Gasteiger partial charge in [0.05, 0.1) is 5.69 Å². The molecule has 1 N–H and O–H groups in total. The van der Waals surface area contributed by atoms with Crippen molar-refractivity contribution in [1.29, 1.82) is 0 Å². The molecule has 2 aromatic rings. The van der Waals surface area contributed by atoms with Crippen LogP contribution in [0.5, 0.6) is 0 Å². The van der Waals surface area contributed by atoms with E-state index in [0.717, 1.165) is 17.2 Å². The molecule has 0 radical (unpaired) electrons. The van der Waals surface area contributed by atoms with Crippen LogP contribution in [0.25, 0.3) is 11.3 Å². The average molecular weight is 256 g/mol. The summed E-state index contributed by atoms with van der Waals surface area (Å²) in [7, 11) is 0. The molecule has 18 heavy (non-hydrogen) atoms. The minimum absolute atomic E-state index is 0.540. The van der Waals surface area contributed by atoms with Crippen LogP contribution in [0.4, 0.5) is 0 Å². The molecular formula is C15H16N2S. The number of hydrogen-bond acceptors (Lipinski definition) is 2. The summed E-state index contributed by atoms with van der Waals surface area (Å²) >= 11 is 5.09. The molecule has 1 aromatic carbocycles. The van der Waals surface area contributed by atoms with Gasteiger partial charge in [0.2, 0.25) is 0 Å². The number of rotatable bonds is 2. The molecule has 0 amide bonds. The van der Waals surface area contributed by atoms with Crippen molar-refractivity contribution in [3.63, 3.8) is 0 Å². The van der Waals surface area contributed by atoms with E-state index in [1.165, 1.54) is 30.4 Å². The highest BCUT2D eigenvalue weighted by Gasteiger charge is 2.19. The number of H-pyrrole nitrogens is 1. The molecule has 92 valence electrons. The summed E-state index contributed by atoms with van der Waals surface area (Å²) in [5.41, 5.74) is 4.86. The fourth-order valence-electron chi connectivity index (χ4n) is 2.42. The second kappa shape index (κ2) is 4.65. The van der Waals surface area contributed by atoms with Crippen molar-refractivity contribution in [2.75, 3.05) is 0 Å². The van der Waals surface area contributed by atoms with Crippen molar-refractivity contribution >= 4 is 12.2 Å². The van der Waals surface area contributed by atoms with E-state index in [2.05, 4.69) is 34.2 Å². The number of nitrogens with zero attached hydrogens (tertiary/aromatic N) is 1. The van der Waals surface area contributed by atoms with Crippen LogP contribution in [-0.4, -0.2) is 9.97 Å². The van der Waals surface area contributed by atoms with E-state index in [1.807, 2.05) is 13.1 Å². The molecule has 1 heterocycles. The standard InChI is InChI=1S/C15H16N2S/c1-10-9-16-15(18)17-14(10)13-7-5-12(6-8-13)11-3-2-4-11/h5-9,11H,2-4H2,1H3,(H,16,17,18). The predicted molar refractivity (Wildman–Crippen MR) is 76.2 cm³/mol. The lowest BCUT2D eigenvalue weighted by atomic mass is 9.80. The van der Waals surface area contributed by atoms with Crippen molar-refractivity contribution in [3.05, 3.63) is 46.4 Å². The van der Waals surface area contributed by atoms with Gasteiger partial charge in [-0.25, -0.2) is 4.98 Å². The van der Waals surface area contributed by atoms with Crippen LogP contribution in [0, 0.1) is 11.7 Å². The highest BCUT2D eigenvalue weighted by Crippen LogP contribution is 2.36. The van der Waals surface area contributed by atoms with E-state index in [1.54, 1.807) is 0 Å². The fourth-order valence-corrected chi connectivity index (χ4v) is 2.58. The van der Waals surface area contributed by atoms with E-state index in [4.69, 9.17) is 12.2 Å². The Labute approximate surface area is 112 Å². The van der Waals surface area contributed by atoms with Gasteiger partial charge in [-0.15, -0.1) is 0 Å². The van der Waals surface area contributed by atoms with Crippen LogP contribution in [0.3, 0.4) is 0 Å². The largest absolute Gasteiger partial charge is 0.330 e. The number of benzene rings is 1. The van der Waals surface area contributed by atoms with Gasteiger partial charge in [-0.05, 0) is 54.6 Å². The van der Waals surface area contributed by atoms with Crippen molar-refractivity contribution in [2.24, 2.45) is 0 Å². The van der Waals surface area contributed by atoms with E-state index < -0.39 is 0 Å². The Hall–Kier alpha value is -1.48. The summed E-state index contributed by atoms with van der Waals surface area (Å²) in [5.74, 6) is 0.788. The van der Waals surface area contributed by atoms with E-state index in [9.17, 15) is 0 Å². The summed E-state index contributed by atoms with van der Waals surface area (Å²) in [5, 5.41) is 0. The molecular weight excluding hydrogens is 240 g/mol. The third-order valence-electron chi connectivity index (χ3n) is 3.78. The molecule has 1 aliphatic rings. The second-order valence-corrected chi connectivity index (χ2v) is 5.38. The van der Waals surface area contributed by atoms with Gasteiger partial charge in [0.15, 0.2) is 4.77 Å². The zero-order chi connectivity index (χ0) is 12.5.